The fraction of sp³-hybridized carbons (Fsp3) is 0.333. The number of nitrogens with zero attached hydrogens (tertiary/aromatic N) is 1. The third kappa shape index (κ3) is 2.80. The van der Waals surface area contributed by atoms with Crippen LogP contribution in [0.1, 0.15) is 25.5 Å². The molecule has 1 aromatic rings. The maximum atomic E-state index is 13.4. The van der Waals surface area contributed by atoms with Gasteiger partial charge in [0.15, 0.2) is 0 Å². The second kappa shape index (κ2) is 5.26. The number of amides is 1. The normalized spacial score (nSPS) is 13.6. The maximum Gasteiger partial charge on any atom is 0.237 e. The number of carbonyl (C=O) groups excluding carboxylic acids is 1. The molecule has 2 unspecified atom stereocenters. The molecule has 1 rings (SSSR count). The average Bonchev–Trinajstić information content (AvgIpc) is 2.28. The van der Waals surface area contributed by atoms with Gasteiger partial charge < -0.3 is 5.32 Å². The number of benzene rings is 1. The summed E-state index contributed by atoms with van der Waals surface area (Å²) in [6.07, 6.45) is 0. The van der Waals surface area contributed by atoms with Gasteiger partial charge >= 0.3 is 0 Å². The van der Waals surface area contributed by atoms with Crippen LogP contribution in [0.4, 0.5) is 4.39 Å². The Balaban J connectivity index is 2.74. The van der Waals surface area contributed by atoms with Crippen molar-refractivity contribution in [2.45, 2.75) is 19.9 Å². The third-order valence-electron chi connectivity index (χ3n) is 2.32. The molecule has 2 atom stereocenters. The highest BCUT2D eigenvalue weighted by molar-refractivity contribution is 5.81. The van der Waals surface area contributed by atoms with Gasteiger partial charge in [-0.1, -0.05) is 18.2 Å². The zero-order valence-electron chi connectivity index (χ0n) is 9.20. The van der Waals surface area contributed by atoms with E-state index < -0.39 is 17.9 Å². The highest BCUT2D eigenvalue weighted by Crippen LogP contribution is 2.16. The molecule has 84 valence electrons. The van der Waals surface area contributed by atoms with Crippen molar-refractivity contribution < 1.29 is 9.18 Å². The van der Waals surface area contributed by atoms with E-state index in [4.69, 9.17) is 5.26 Å². The number of halogens is 1. The molecule has 1 N–H and O–H groups in total. The van der Waals surface area contributed by atoms with E-state index in [1.54, 1.807) is 25.1 Å². The first-order valence-corrected chi connectivity index (χ1v) is 5.00. The number of nitrogens with one attached hydrogen (secondary N) is 1. The number of hydrogen-bond donors (Lipinski definition) is 1. The van der Waals surface area contributed by atoms with Crippen LogP contribution in [0.5, 0.6) is 0 Å². The zero-order valence-corrected chi connectivity index (χ0v) is 9.20. The van der Waals surface area contributed by atoms with Crippen LogP contribution in [-0.2, 0) is 4.79 Å². The second-order valence-electron chi connectivity index (χ2n) is 3.60. The second-order valence-corrected chi connectivity index (χ2v) is 3.60. The van der Waals surface area contributed by atoms with Crippen molar-refractivity contribution in [1.29, 1.82) is 5.26 Å². The Labute approximate surface area is 93.9 Å². The fourth-order valence-electron chi connectivity index (χ4n) is 1.30. The first kappa shape index (κ1) is 12.2. The van der Waals surface area contributed by atoms with Crippen LogP contribution in [0.15, 0.2) is 24.3 Å². The minimum absolute atomic E-state index is 0.361. The van der Waals surface area contributed by atoms with Crippen molar-refractivity contribution in [2.75, 3.05) is 0 Å². The van der Waals surface area contributed by atoms with E-state index in [0.29, 0.717) is 5.56 Å². The maximum absolute atomic E-state index is 13.4. The van der Waals surface area contributed by atoms with Crippen LogP contribution in [0.25, 0.3) is 0 Å². The molecule has 4 heteroatoms. The molecule has 1 aromatic carbocycles. The molecule has 0 fully saturated rings. The molecule has 0 bridgehead atoms. The van der Waals surface area contributed by atoms with E-state index in [9.17, 15) is 9.18 Å². The molecule has 0 spiro atoms. The number of nitriles is 1. The van der Waals surface area contributed by atoms with Crippen molar-refractivity contribution in [1.82, 2.24) is 5.32 Å². The van der Waals surface area contributed by atoms with Gasteiger partial charge in [0.1, 0.15) is 11.7 Å². The Hall–Kier alpha value is -1.89. The Bertz CT molecular complexity index is 425. The summed E-state index contributed by atoms with van der Waals surface area (Å²) in [5.41, 5.74) is 0.418. The summed E-state index contributed by atoms with van der Waals surface area (Å²) in [6.45, 7) is 3.18. The predicted octanol–water partition coefficient (Wildman–Crippen LogP) is 2.16. The highest BCUT2D eigenvalue weighted by atomic mass is 19.1. The molecule has 0 aliphatic carbocycles. The van der Waals surface area contributed by atoms with Crippen LogP contribution in [-0.4, -0.2) is 5.91 Å². The predicted molar refractivity (Wildman–Crippen MR) is 57.7 cm³/mol. The minimum atomic E-state index is -0.728. The molecule has 3 nitrogen and oxygen atoms in total. The van der Waals surface area contributed by atoms with Crippen LogP contribution in [0, 0.1) is 23.1 Å². The van der Waals surface area contributed by atoms with Gasteiger partial charge in [0, 0.05) is 5.56 Å². The van der Waals surface area contributed by atoms with E-state index in [1.807, 2.05) is 6.07 Å². The lowest BCUT2D eigenvalue weighted by molar-refractivity contribution is -0.123. The Morgan fingerprint density at radius 3 is 2.62 bits per heavy atom. The van der Waals surface area contributed by atoms with Crippen LogP contribution >= 0.6 is 0 Å². The largest absolute Gasteiger partial charge is 0.348 e. The van der Waals surface area contributed by atoms with Gasteiger partial charge in [-0.25, -0.2) is 4.39 Å². The van der Waals surface area contributed by atoms with E-state index in [0.717, 1.165) is 0 Å². The van der Waals surface area contributed by atoms with Crippen LogP contribution in [0.3, 0.4) is 0 Å². The first-order valence-electron chi connectivity index (χ1n) is 5.00. The lowest BCUT2D eigenvalue weighted by atomic mass is 10.1. The quantitative estimate of drug-likeness (QED) is 0.848. The molecule has 0 saturated carbocycles. The third-order valence-corrected chi connectivity index (χ3v) is 2.32. The number of hydrogen-bond acceptors (Lipinski definition) is 2. The zero-order chi connectivity index (χ0) is 12.1. The summed E-state index contributed by atoms with van der Waals surface area (Å²) in [6, 6.07) is 7.63. The Morgan fingerprint density at radius 1 is 1.44 bits per heavy atom. The smallest absolute Gasteiger partial charge is 0.237 e. The lowest BCUT2D eigenvalue weighted by Gasteiger charge is -2.15. The summed E-state index contributed by atoms with van der Waals surface area (Å²) in [5.74, 6) is -1.48. The minimum Gasteiger partial charge on any atom is -0.348 e. The summed E-state index contributed by atoms with van der Waals surface area (Å²) < 4.78 is 13.4. The fourth-order valence-corrected chi connectivity index (χ4v) is 1.30. The molecule has 16 heavy (non-hydrogen) atoms. The molecular weight excluding hydrogens is 207 g/mol. The van der Waals surface area contributed by atoms with Gasteiger partial charge in [-0.3, -0.25) is 4.79 Å². The van der Waals surface area contributed by atoms with Gasteiger partial charge in [-0.15, -0.1) is 0 Å². The summed E-state index contributed by atoms with van der Waals surface area (Å²) in [7, 11) is 0. The van der Waals surface area contributed by atoms with Crippen molar-refractivity contribution in [3.05, 3.63) is 35.6 Å². The van der Waals surface area contributed by atoms with Gasteiger partial charge in [-0.2, -0.15) is 5.26 Å². The van der Waals surface area contributed by atoms with Crippen molar-refractivity contribution >= 4 is 5.91 Å². The van der Waals surface area contributed by atoms with Crippen LogP contribution < -0.4 is 5.32 Å². The van der Waals surface area contributed by atoms with Gasteiger partial charge in [0.05, 0.1) is 12.1 Å². The Morgan fingerprint density at radius 2 is 2.06 bits per heavy atom. The molecule has 0 saturated heterocycles. The van der Waals surface area contributed by atoms with Crippen LogP contribution in [0.2, 0.25) is 0 Å². The van der Waals surface area contributed by atoms with E-state index in [2.05, 4.69) is 5.32 Å². The number of rotatable bonds is 3. The molecule has 0 aliphatic rings. The van der Waals surface area contributed by atoms with E-state index >= 15 is 0 Å². The monoisotopic (exact) mass is 220 g/mol. The SMILES string of the molecule is CC(C#N)C(=O)NC(C)c1ccccc1F. The number of carbonyl (C=O) groups is 1. The summed E-state index contributed by atoms with van der Waals surface area (Å²) >= 11 is 0. The topological polar surface area (TPSA) is 52.9 Å². The molecule has 0 radical (unpaired) electrons. The molecule has 0 aliphatic heterocycles. The summed E-state index contributed by atoms with van der Waals surface area (Å²) in [4.78, 5) is 11.4. The summed E-state index contributed by atoms with van der Waals surface area (Å²) in [5, 5.41) is 11.1. The Kier molecular flexibility index (Phi) is 4.01. The van der Waals surface area contributed by atoms with E-state index in [-0.39, 0.29) is 5.82 Å². The van der Waals surface area contributed by atoms with Gasteiger partial charge in [0.25, 0.3) is 0 Å². The highest BCUT2D eigenvalue weighted by Gasteiger charge is 2.17. The van der Waals surface area contributed by atoms with Crippen molar-refractivity contribution in [3.8, 4) is 6.07 Å². The van der Waals surface area contributed by atoms with Crippen molar-refractivity contribution in [2.24, 2.45) is 5.92 Å². The molecular formula is C12H13FN2O. The molecule has 0 heterocycles. The van der Waals surface area contributed by atoms with Gasteiger partial charge in [-0.05, 0) is 19.9 Å². The molecule has 0 aromatic heterocycles. The lowest BCUT2D eigenvalue weighted by Crippen LogP contribution is -2.31. The molecule has 1 amide bonds. The van der Waals surface area contributed by atoms with Crippen molar-refractivity contribution in [3.63, 3.8) is 0 Å². The average molecular weight is 220 g/mol. The first-order chi connectivity index (χ1) is 7.56. The standard InChI is InChI=1S/C12H13FN2O/c1-8(7-14)12(16)15-9(2)10-5-3-4-6-11(10)13/h3-6,8-9H,1-2H3,(H,15,16). The van der Waals surface area contributed by atoms with E-state index in [1.165, 1.54) is 13.0 Å². The van der Waals surface area contributed by atoms with Gasteiger partial charge in [0.2, 0.25) is 5.91 Å².